The topological polar surface area (TPSA) is 61.8 Å². The first-order chi connectivity index (χ1) is 6.77. The molecule has 1 heterocycles. The molecule has 0 aliphatic heterocycles. The van der Waals surface area contributed by atoms with Crippen molar-refractivity contribution in [2.45, 2.75) is 38.7 Å². The molecule has 1 fully saturated rings. The van der Waals surface area contributed by atoms with Crippen LogP contribution in [0.25, 0.3) is 0 Å². The van der Waals surface area contributed by atoms with Crippen molar-refractivity contribution in [1.82, 2.24) is 15.2 Å². The van der Waals surface area contributed by atoms with Crippen LogP contribution in [0.4, 0.5) is 0 Å². The molecule has 0 spiro atoms. The number of rotatable bonds is 2. The third-order valence-corrected chi connectivity index (χ3v) is 3.14. The summed E-state index contributed by atoms with van der Waals surface area (Å²) in [5.41, 5.74) is 0. The number of H-pyrrole nitrogens is 1. The van der Waals surface area contributed by atoms with Crippen LogP contribution in [-0.4, -0.2) is 20.3 Å². The number of hydrogen-bond donors (Lipinski definition) is 2. The summed E-state index contributed by atoms with van der Waals surface area (Å²) in [5, 5.41) is 16.5. The minimum atomic E-state index is -0.458. The van der Waals surface area contributed by atoms with E-state index >= 15 is 0 Å². The van der Waals surface area contributed by atoms with E-state index in [1.165, 1.54) is 19.2 Å². The van der Waals surface area contributed by atoms with E-state index in [4.69, 9.17) is 0 Å². The summed E-state index contributed by atoms with van der Waals surface area (Å²) in [6.07, 6.45) is 5.70. The van der Waals surface area contributed by atoms with Gasteiger partial charge in [0.25, 0.3) is 0 Å². The zero-order valence-corrected chi connectivity index (χ0v) is 8.48. The van der Waals surface area contributed by atoms with Gasteiger partial charge in [-0.15, -0.1) is 0 Å². The van der Waals surface area contributed by atoms with Gasteiger partial charge in [-0.3, -0.25) is 5.10 Å². The minimum Gasteiger partial charge on any atom is -0.385 e. The molecule has 1 aromatic heterocycles. The maximum Gasteiger partial charge on any atom is 0.153 e. The molecule has 1 saturated carbocycles. The highest BCUT2D eigenvalue weighted by molar-refractivity contribution is 4.91. The van der Waals surface area contributed by atoms with E-state index in [9.17, 15) is 5.11 Å². The van der Waals surface area contributed by atoms with Crippen molar-refractivity contribution in [3.8, 4) is 0 Å². The standard InChI is InChI=1S/C10H17N3O/c1-7-3-2-4-8(5-7)9(14)10-11-6-12-13-10/h6-9,14H,2-5H2,1H3,(H,11,12,13). The fourth-order valence-corrected chi connectivity index (χ4v) is 2.35. The van der Waals surface area contributed by atoms with Crippen molar-refractivity contribution in [3.63, 3.8) is 0 Å². The van der Waals surface area contributed by atoms with Crippen LogP contribution in [-0.2, 0) is 0 Å². The van der Waals surface area contributed by atoms with Gasteiger partial charge in [0.05, 0.1) is 0 Å². The lowest BCUT2D eigenvalue weighted by atomic mass is 9.79. The minimum absolute atomic E-state index is 0.353. The molecule has 0 saturated heterocycles. The van der Waals surface area contributed by atoms with E-state index in [1.54, 1.807) is 0 Å². The molecular formula is C10H17N3O. The fourth-order valence-electron chi connectivity index (χ4n) is 2.35. The highest BCUT2D eigenvalue weighted by Gasteiger charge is 2.27. The van der Waals surface area contributed by atoms with Gasteiger partial charge in [0, 0.05) is 0 Å². The van der Waals surface area contributed by atoms with Crippen LogP contribution in [0.1, 0.15) is 44.5 Å². The van der Waals surface area contributed by atoms with Crippen LogP contribution in [0.5, 0.6) is 0 Å². The molecule has 0 bridgehead atoms. The number of nitrogens with zero attached hydrogens (tertiary/aromatic N) is 2. The summed E-state index contributed by atoms with van der Waals surface area (Å²) in [5.74, 6) is 1.70. The normalized spacial score (nSPS) is 30.1. The summed E-state index contributed by atoms with van der Waals surface area (Å²) >= 11 is 0. The first-order valence-corrected chi connectivity index (χ1v) is 5.30. The maximum absolute atomic E-state index is 10.0. The molecule has 1 aliphatic rings. The zero-order chi connectivity index (χ0) is 9.97. The quantitative estimate of drug-likeness (QED) is 0.754. The Morgan fingerprint density at radius 1 is 1.57 bits per heavy atom. The van der Waals surface area contributed by atoms with Gasteiger partial charge in [0.15, 0.2) is 5.82 Å². The first-order valence-electron chi connectivity index (χ1n) is 5.30. The summed E-state index contributed by atoms with van der Waals surface area (Å²) in [6, 6.07) is 0. The Morgan fingerprint density at radius 3 is 3.07 bits per heavy atom. The molecule has 3 unspecified atom stereocenters. The Labute approximate surface area is 83.8 Å². The van der Waals surface area contributed by atoms with Crippen LogP contribution >= 0.6 is 0 Å². The Morgan fingerprint density at radius 2 is 2.43 bits per heavy atom. The summed E-state index contributed by atoms with van der Waals surface area (Å²) < 4.78 is 0. The Kier molecular flexibility index (Phi) is 2.82. The summed E-state index contributed by atoms with van der Waals surface area (Å²) in [7, 11) is 0. The van der Waals surface area contributed by atoms with Crippen molar-refractivity contribution in [2.75, 3.05) is 0 Å². The molecule has 4 nitrogen and oxygen atoms in total. The van der Waals surface area contributed by atoms with Gasteiger partial charge < -0.3 is 5.11 Å². The third-order valence-electron chi connectivity index (χ3n) is 3.14. The number of aromatic amines is 1. The van der Waals surface area contributed by atoms with Crippen LogP contribution in [0.3, 0.4) is 0 Å². The van der Waals surface area contributed by atoms with E-state index < -0.39 is 6.10 Å². The third kappa shape index (κ3) is 1.95. The average molecular weight is 195 g/mol. The van der Waals surface area contributed by atoms with Gasteiger partial charge in [-0.1, -0.05) is 19.8 Å². The Hall–Kier alpha value is -0.900. The van der Waals surface area contributed by atoms with Gasteiger partial charge >= 0.3 is 0 Å². The number of aromatic nitrogens is 3. The molecular weight excluding hydrogens is 178 g/mol. The highest BCUT2D eigenvalue weighted by atomic mass is 16.3. The van der Waals surface area contributed by atoms with E-state index in [1.807, 2.05) is 0 Å². The molecule has 2 rings (SSSR count). The van der Waals surface area contributed by atoms with Crippen LogP contribution in [0.15, 0.2) is 6.33 Å². The number of nitrogens with one attached hydrogen (secondary N) is 1. The second-order valence-electron chi connectivity index (χ2n) is 4.35. The summed E-state index contributed by atoms with van der Waals surface area (Å²) in [4.78, 5) is 4.00. The van der Waals surface area contributed by atoms with Gasteiger partial charge in [-0.25, -0.2) is 4.98 Å². The lowest BCUT2D eigenvalue weighted by molar-refractivity contribution is 0.0646. The van der Waals surface area contributed by atoms with Crippen molar-refractivity contribution in [2.24, 2.45) is 11.8 Å². The number of aliphatic hydroxyl groups is 1. The van der Waals surface area contributed by atoms with E-state index in [2.05, 4.69) is 22.1 Å². The molecule has 2 N–H and O–H groups in total. The Balaban J connectivity index is 2.00. The zero-order valence-electron chi connectivity index (χ0n) is 8.48. The SMILES string of the molecule is CC1CCCC(C(O)c2ncn[nH]2)C1. The van der Waals surface area contributed by atoms with Gasteiger partial charge in [-0.2, -0.15) is 5.10 Å². The van der Waals surface area contributed by atoms with Crippen molar-refractivity contribution < 1.29 is 5.11 Å². The second-order valence-corrected chi connectivity index (χ2v) is 4.35. The van der Waals surface area contributed by atoms with Crippen LogP contribution in [0, 0.1) is 11.8 Å². The fraction of sp³-hybridized carbons (Fsp3) is 0.800. The van der Waals surface area contributed by atoms with Crippen LogP contribution in [0.2, 0.25) is 0 Å². The Bertz CT molecular complexity index is 273. The van der Waals surface area contributed by atoms with Gasteiger partial charge in [0.1, 0.15) is 12.4 Å². The van der Waals surface area contributed by atoms with Crippen molar-refractivity contribution >= 4 is 0 Å². The molecule has 0 aromatic carbocycles. The molecule has 78 valence electrons. The molecule has 0 radical (unpaired) electrons. The smallest absolute Gasteiger partial charge is 0.153 e. The second kappa shape index (κ2) is 4.09. The van der Waals surface area contributed by atoms with E-state index in [-0.39, 0.29) is 0 Å². The molecule has 4 heteroatoms. The van der Waals surface area contributed by atoms with Gasteiger partial charge in [0.2, 0.25) is 0 Å². The largest absolute Gasteiger partial charge is 0.385 e. The lowest BCUT2D eigenvalue weighted by Crippen LogP contribution is -2.21. The lowest BCUT2D eigenvalue weighted by Gasteiger charge is -2.29. The van der Waals surface area contributed by atoms with E-state index in [0.29, 0.717) is 11.7 Å². The van der Waals surface area contributed by atoms with Crippen molar-refractivity contribution in [3.05, 3.63) is 12.2 Å². The maximum atomic E-state index is 10.0. The molecule has 0 amide bonds. The van der Waals surface area contributed by atoms with Crippen LogP contribution < -0.4 is 0 Å². The predicted octanol–water partition coefficient (Wildman–Crippen LogP) is 1.66. The predicted molar refractivity (Wildman–Crippen MR) is 52.5 cm³/mol. The monoisotopic (exact) mass is 195 g/mol. The number of hydrogen-bond acceptors (Lipinski definition) is 3. The average Bonchev–Trinajstić information content (AvgIpc) is 2.69. The molecule has 3 atom stereocenters. The highest BCUT2D eigenvalue weighted by Crippen LogP contribution is 2.35. The summed E-state index contributed by atoms with van der Waals surface area (Å²) in [6.45, 7) is 2.25. The molecule has 1 aliphatic carbocycles. The number of aliphatic hydroxyl groups excluding tert-OH is 1. The van der Waals surface area contributed by atoms with Crippen molar-refractivity contribution in [1.29, 1.82) is 0 Å². The van der Waals surface area contributed by atoms with Gasteiger partial charge in [-0.05, 0) is 24.7 Å². The first kappa shape index (κ1) is 9.65. The molecule has 14 heavy (non-hydrogen) atoms. The van der Waals surface area contributed by atoms with E-state index in [0.717, 1.165) is 18.8 Å². The molecule has 1 aromatic rings.